The second-order valence-corrected chi connectivity index (χ2v) is 6.12. The Morgan fingerprint density at radius 2 is 1.74 bits per heavy atom. The van der Waals surface area contributed by atoms with E-state index < -0.39 is 5.92 Å². The second-order valence-electron chi connectivity index (χ2n) is 6.12. The van der Waals surface area contributed by atoms with E-state index in [0.717, 1.165) is 46.4 Å². The van der Waals surface area contributed by atoms with Crippen LogP contribution in [-0.2, 0) is 12.8 Å². The van der Waals surface area contributed by atoms with Crippen LogP contribution in [0.5, 0.6) is 0 Å². The maximum atomic E-state index is 13.5. The van der Waals surface area contributed by atoms with E-state index in [9.17, 15) is 8.78 Å². The minimum absolute atomic E-state index is 0.147. The van der Waals surface area contributed by atoms with Crippen molar-refractivity contribution in [1.29, 1.82) is 0 Å². The molecule has 1 heterocycles. The lowest BCUT2D eigenvalue weighted by Crippen LogP contribution is -2.14. The zero-order valence-corrected chi connectivity index (χ0v) is 13.0. The summed E-state index contributed by atoms with van der Waals surface area (Å²) in [7, 11) is 0. The molecule has 0 fully saturated rings. The first-order valence-electron chi connectivity index (χ1n) is 7.71. The van der Waals surface area contributed by atoms with Crippen molar-refractivity contribution in [2.75, 3.05) is 0 Å². The Morgan fingerprint density at radius 1 is 1.00 bits per heavy atom. The van der Waals surface area contributed by atoms with Gasteiger partial charge >= 0.3 is 0 Å². The van der Waals surface area contributed by atoms with Gasteiger partial charge in [-0.1, -0.05) is 37.4 Å². The third-order valence-corrected chi connectivity index (χ3v) is 4.27. The second kappa shape index (κ2) is 6.07. The molecule has 1 nitrogen and oxygen atoms in total. The van der Waals surface area contributed by atoms with Crippen LogP contribution in [0.1, 0.15) is 35.2 Å². The van der Waals surface area contributed by atoms with Gasteiger partial charge in [-0.3, -0.25) is 4.98 Å². The molecule has 1 aromatic heterocycles. The highest BCUT2D eigenvalue weighted by atomic mass is 19.3. The van der Waals surface area contributed by atoms with Gasteiger partial charge in [0.25, 0.3) is 5.92 Å². The lowest BCUT2D eigenvalue weighted by Gasteiger charge is -2.09. The molecule has 23 heavy (non-hydrogen) atoms. The maximum Gasteiger partial charge on any atom is 0.256 e. The van der Waals surface area contributed by atoms with Crippen LogP contribution in [0.15, 0.2) is 55.8 Å². The Kier molecular flexibility index (Phi) is 4.12. The molecule has 0 unspecified atom stereocenters. The number of benzene rings is 1. The quantitative estimate of drug-likeness (QED) is 0.728. The summed E-state index contributed by atoms with van der Waals surface area (Å²) in [5.41, 5.74) is 5.23. The highest BCUT2D eigenvalue weighted by molar-refractivity contribution is 5.68. The van der Waals surface area contributed by atoms with Crippen molar-refractivity contribution in [3.63, 3.8) is 0 Å². The van der Waals surface area contributed by atoms with Gasteiger partial charge in [0.15, 0.2) is 0 Å². The van der Waals surface area contributed by atoms with E-state index >= 15 is 0 Å². The lowest BCUT2D eigenvalue weighted by molar-refractivity contribution is 0.0130. The Morgan fingerprint density at radius 3 is 2.48 bits per heavy atom. The van der Waals surface area contributed by atoms with E-state index in [2.05, 4.69) is 18.1 Å². The fraction of sp³-hybridized carbons (Fsp3) is 0.250. The van der Waals surface area contributed by atoms with Gasteiger partial charge < -0.3 is 0 Å². The maximum absolute atomic E-state index is 13.5. The zero-order valence-electron chi connectivity index (χ0n) is 13.0. The van der Waals surface area contributed by atoms with Crippen molar-refractivity contribution in [1.82, 2.24) is 4.98 Å². The van der Waals surface area contributed by atoms with Gasteiger partial charge in [0, 0.05) is 19.0 Å². The Bertz CT molecular complexity index is 747. The smallest absolute Gasteiger partial charge is 0.256 e. The van der Waals surface area contributed by atoms with Crippen molar-refractivity contribution < 1.29 is 8.78 Å². The molecule has 0 aliphatic heterocycles. The molecule has 0 amide bonds. The number of nitrogens with zero attached hydrogens (tertiary/aromatic N) is 1. The zero-order chi connectivity index (χ0) is 16.4. The van der Waals surface area contributed by atoms with Crippen molar-refractivity contribution in [3.05, 3.63) is 78.1 Å². The van der Waals surface area contributed by atoms with Gasteiger partial charge in [-0.25, -0.2) is 8.78 Å². The number of aromatic nitrogens is 1. The number of halogens is 2. The third kappa shape index (κ3) is 3.55. The van der Waals surface area contributed by atoms with Crippen LogP contribution < -0.4 is 0 Å². The molecule has 0 bridgehead atoms. The minimum Gasteiger partial charge on any atom is -0.257 e. The molecule has 0 N–H and O–H groups in total. The molecule has 0 spiro atoms. The lowest BCUT2D eigenvalue weighted by atomic mass is 9.96. The largest absolute Gasteiger partial charge is 0.257 e. The summed E-state index contributed by atoms with van der Waals surface area (Å²) in [4.78, 5) is 4.28. The number of rotatable bonds is 5. The first-order valence-corrected chi connectivity index (χ1v) is 7.71. The summed E-state index contributed by atoms with van der Waals surface area (Å²) >= 11 is 0. The Hall–Kier alpha value is -2.29. The first kappa shape index (κ1) is 15.6. The first-order chi connectivity index (χ1) is 10.9. The third-order valence-electron chi connectivity index (χ3n) is 4.27. The van der Waals surface area contributed by atoms with Crippen molar-refractivity contribution in [3.8, 4) is 0 Å². The van der Waals surface area contributed by atoms with Crippen LogP contribution in [0.4, 0.5) is 8.78 Å². The van der Waals surface area contributed by atoms with Crippen molar-refractivity contribution >= 4 is 11.1 Å². The predicted molar refractivity (Wildman–Crippen MR) is 90.3 cm³/mol. The molecule has 3 heteroatoms. The minimum atomic E-state index is -2.60. The van der Waals surface area contributed by atoms with Gasteiger partial charge in [0.1, 0.15) is 0 Å². The number of pyridine rings is 1. The van der Waals surface area contributed by atoms with Crippen LogP contribution in [-0.4, -0.2) is 10.9 Å². The molecule has 3 rings (SSSR count). The van der Waals surface area contributed by atoms with Crippen LogP contribution in [0, 0.1) is 0 Å². The molecular formula is C20H19F2N. The molecule has 2 aromatic rings. The number of fused-ring (bicyclic) bond motifs is 1. The van der Waals surface area contributed by atoms with E-state index in [0.29, 0.717) is 0 Å². The Balaban J connectivity index is 1.65. The highest BCUT2D eigenvalue weighted by Crippen LogP contribution is 2.36. The molecule has 0 atom stereocenters. The number of alkyl halides is 2. The average molecular weight is 311 g/mol. The molecular weight excluding hydrogens is 292 g/mol. The number of hydrogen-bond donors (Lipinski definition) is 0. The van der Waals surface area contributed by atoms with Crippen LogP contribution in [0.3, 0.4) is 0 Å². The fourth-order valence-electron chi connectivity index (χ4n) is 2.95. The van der Waals surface area contributed by atoms with Crippen molar-refractivity contribution in [2.45, 2.75) is 31.6 Å². The summed E-state index contributed by atoms with van der Waals surface area (Å²) in [6.45, 7) is 8.17. The topological polar surface area (TPSA) is 12.9 Å². The fourth-order valence-corrected chi connectivity index (χ4v) is 2.95. The summed E-state index contributed by atoms with van der Waals surface area (Å²) < 4.78 is 26.9. The van der Waals surface area contributed by atoms with Gasteiger partial charge in [-0.2, -0.15) is 0 Å². The normalized spacial score (nSPS) is 15.2. The average Bonchev–Trinajstić information content (AvgIpc) is 2.85. The highest BCUT2D eigenvalue weighted by Gasteiger charge is 2.37. The monoisotopic (exact) mass is 311 g/mol. The number of allylic oxidation sites excluding steroid dienone is 2. The van der Waals surface area contributed by atoms with Gasteiger partial charge in [-0.05, 0) is 52.8 Å². The van der Waals surface area contributed by atoms with E-state index in [4.69, 9.17) is 0 Å². The van der Waals surface area contributed by atoms with E-state index in [1.807, 2.05) is 36.4 Å². The summed E-state index contributed by atoms with van der Waals surface area (Å²) in [6, 6.07) is 11.3. The molecule has 1 aliphatic rings. The number of hydrogen-bond acceptors (Lipinski definition) is 1. The standard InChI is InChI=1S/C20H19F2N/c1-14(6-7-15(2)19-5-3-4-10-23-19)16-8-9-17-12-20(21,22)13-18(17)11-16/h3-5,8-11H,1-2,6-7,12-13H2. The van der Waals surface area contributed by atoms with E-state index in [1.165, 1.54) is 0 Å². The van der Waals surface area contributed by atoms with Crippen molar-refractivity contribution in [2.24, 2.45) is 0 Å². The molecule has 0 saturated heterocycles. The summed E-state index contributed by atoms with van der Waals surface area (Å²) in [5.74, 6) is -2.60. The Labute approximate surface area is 135 Å². The molecule has 0 saturated carbocycles. The molecule has 118 valence electrons. The molecule has 0 radical (unpaired) electrons. The SMILES string of the molecule is C=C(CCC(=C)c1ccccn1)c1ccc2c(c1)CC(F)(F)C2. The molecule has 1 aliphatic carbocycles. The van der Waals surface area contributed by atoms with Gasteiger partial charge in [0.05, 0.1) is 5.69 Å². The predicted octanol–water partition coefficient (Wildman–Crippen LogP) is 5.32. The summed E-state index contributed by atoms with van der Waals surface area (Å²) in [6.07, 6.45) is 2.93. The van der Waals surface area contributed by atoms with Crippen LogP contribution in [0.2, 0.25) is 0 Å². The van der Waals surface area contributed by atoms with E-state index in [1.54, 1.807) is 6.20 Å². The van der Waals surface area contributed by atoms with Crippen LogP contribution >= 0.6 is 0 Å². The van der Waals surface area contributed by atoms with Gasteiger partial charge in [-0.15, -0.1) is 0 Å². The molecule has 1 aromatic carbocycles. The van der Waals surface area contributed by atoms with Crippen LogP contribution in [0.25, 0.3) is 11.1 Å². The summed E-state index contributed by atoms with van der Waals surface area (Å²) in [5, 5.41) is 0. The van der Waals surface area contributed by atoms with Gasteiger partial charge in [0.2, 0.25) is 0 Å². The van der Waals surface area contributed by atoms with E-state index in [-0.39, 0.29) is 12.8 Å².